The van der Waals surface area contributed by atoms with Crippen molar-refractivity contribution in [2.75, 3.05) is 17.1 Å². The Morgan fingerprint density at radius 1 is 1.06 bits per heavy atom. The molecule has 0 bridgehead atoms. The predicted molar refractivity (Wildman–Crippen MR) is 130 cm³/mol. The highest BCUT2D eigenvalue weighted by Crippen LogP contribution is 2.20. The van der Waals surface area contributed by atoms with Gasteiger partial charge in [-0.25, -0.2) is 8.42 Å². The molecule has 0 aromatic heterocycles. The minimum atomic E-state index is -3.71. The topological polar surface area (TPSA) is 86.8 Å². The van der Waals surface area contributed by atoms with Crippen LogP contribution < -0.4 is 9.62 Å². The van der Waals surface area contributed by atoms with Crippen molar-refractivity contribution >= 4 is 27.5 Å². The smallest absolute Gasteiger partial charge is 0.244 e. The monoisotopic (exact) mass is 471 g/mol. The number of aryl methyl sites for hydroxylation is 1. The standard InChI is InChI=1S/C25H33N3O4S/c1-19-10-9-11-21(16-19)17-27(20(2)25(30)26-22-12-7-8-13-22)24(29)18-28(33(3,31)32)23-14-5-4-6-15-23/h4-6,9-11,14-16,20,22H,7-8,12-13,17-18H2,1-3H3,(H,26,30). The molecule has 3 rings (SSSR count). The predicted octanol–water partition coefficient (Wildman–Crippen LogP) is 3.24. The fourth-order valence-corrected chi connectivity index (χ4v) is 5.04. The van der Waals surface area contributed by atoms with Crippen molar-refractivity contribution in [1.29, 1.82) is 0 Å². The van der Waals surface area contributed by atoms with Gasteiger partial charge in [-0.05, 0) is 44.4 Å². The first-order chi connectivity index (χ1) is 15.6. The van der Waals surface area contributed by atoms with E-state index in [0.29, 0.717) is 5.69 Å². The molecule has 0 radical (unpaired) electrons. The summed E-state index contributed by atoms with van der Waals surface area (Å²) in [6.07, 6.45) is 5.14. The number of para-hydroxylation sites is 1. The van der Waals surface area contributed by atoms with Crippen molar-refractivity contribution in [3.05, 3.63) is 65.7 Å². The molecule has 1 N–H and O–H groups in total. The van der Waals surface area contributed by atoms with Crippen LogP contribution in [0.25, 0.3) is 0 Å². The molecule has 2 amide bonds. The number of nitrogens with zero attached hydrogens (tertiary/aromatic N) is 2. The summed E-state index contributed by atoms with van der Waals surface area (Å²) in [5.74, 6) is -0.645. The number of hydrogen-bond acceptors (Lipinski definition) is 4. The highest BCUT2D eigenvalue weighted by molar-refractivity contribution is 7.92. The number of rotatable bonds is 9. The molecule has 0 heterocycles. The van der Waals surface area contributed by atoms with Crippen molar-refractivity contribution < 1.29 is 18.0 Å². The SMILES string of the molecule is Cc1cccc(CN(C(=O)CN(c2ccccc2)S(C)(=O)=O)C(C)C(=O)NC2CCCC2)c1. The zero-order valence-electron chi connectivity index (χ0n) is 19.5. The fraction of sp³-hybridized carbons (Fsp3) is 0.440. The second kappa shape index (κ2) is 10.8. The number of sulfonamides is 1. The van der Waals surface area contributed by atoms with E-state index in [4.69, 9.17) is 0 Å². The Morgan fingerprint density at radius 3 is 2.33 bits per heavy atom. The molecule has 1 fully saturated rings. The first kappa shape index (κ1) is 24.8. The molecule has 33 heavy (non-hydrogen) atoms. The maximum Gasteiger partial charge on any atom is 0.244 e. The van der Waals surface area contributed by atoms with Crippen LogP contribution >= 0.6 is 0 Å². The lowest BCUT2D eigenvalue weighted by Crippen LogP contribution is -2.52. The molecule has 0 aliphatic heterocycles. The molecule has 1 unspecified atom stereocenters. The Balaban J connectivity index is 1.86. The molecule has 8 heteroatoms. The van der Waals surface area contributed by atoms with Gasteiger partial charge in [0, 0.05) is 12.6 Å². The van der Waals surface area contributed by atoms with Crippen molar-refractivity contribution in [2.24, 2.45) is 0 Å². The van der Waals surface area contributed by atoms with E-state index in [1.165, 1.54) is 4.90 Å². The van der Waals surface area contributed by atoms with Gasteiger partial charge in [-0.2, -0.15) is 0 Å². The largest absolute Gasteiger partial charge is 0.352 e. The van der Waals surface area contributed by atoms with Gasteiger partial charge in [-0.1, -0.05) is 60.9 Å². The van der Waals surface area contributed by atoms with Crippen LogP contribution in [0.3, 0.4) is 0 Å². The number of carbonyl (C=O) groups excluding carboxylic acids is 2. The Labute approximate surface area is 196 Å². The first-order valence-electron chi connectivity index (χ1n) is 11.3. The van der Waals surface area contributed by atoms with Crippen LogP contribution in [-0.4, -0.2) is 50.0 Å². The Hall–Kier alpha value is -2.87. The van der Waals surface area contributed by atoms with E-state index in [0.717, 1.165) is 47.4 Å². The minimum absolute atomic E-state index is 0.132. The number of carbonyl (C=O) groups is 2. The van der Waals surface area contributed by atoms with Gasteiger partial charge in [0.05, 0.1) is 11.9 Å². The molecule has 0 saturated heterocycles. The van der Waals surface area contributed by atoms with Gasteiger partial charge in [0.15, 0.2) is 0 Å². The zero-order valence-corrected chi connectivity index (χ0v) is 20.3. The van der Waals surface area contributed by atoms with Crippen molar-refractivity contribution in [3.63, 3.8) is 0 Å². The lowest BCUT2D eigenvalue weighted by atomic mass is 10.1. The van der Waals surface area contributed by atoms with E-state index in [1.807, 2.05) is 31.2 Å². The minimum Gasteiger partial charge on any atom is -0.352 e. The molecule has 1 aliphatic rings. The number of benzene rings is 2. The summed E-state index contributed by atoms with van der Waals surface area (Å²) in [6, 6.07) is 15.7. The second-order valence-corrected chi connectivity index (χ2v) is 10.7. The molecule has 2 aromatic rings. The summed E-state index contributed by atoms with van der Waals surface area (Å²) in [4.78, 5) is 28.0. The highest BCUT2D eigenvalue weighted by atomic mass is 32.2. The van der Waals surface area contributed by atoms with Gasteiger partial charge >= 0.3 is 0 Å². The average molecular weight is 472 g/mol. The van der Waals surface area contributed by atoms with Crippen LogP contribution in [0, 0.1) is 6.92 Å². The molecular formula is C25H33N3O4S. The highest BCUT2D eigenvalue weighted by Gasteiger charge is 2.31. The van der Waals surface area contributed by atoms with Gasteiger partial charge in [0.25, 0.3) is 0 Å². The number of anilines is 1. The first-order valence-corrected chi connectivity index (χ1v) is 13.2. The van der Waals surface area contributed by atoms with Crippen LogP contribution in [0.5, 0.6) is 0 Å². The van der Waals surface area contributed by atoms with Crippen LogP contribution in [0.15, 0.2) is 54.6 Å². The van der Waals surface area contributed by atoms with E-state index in [9.17, 15) is 18.0 Å². The van der Waals surface area contributed by atoms with Gasteiger partial charge in [0.1, 0.15) is 12.6 Å². The second-order valence-electron chi connectivity index (χ2n) is 8.78. The average Bonchev–Trinajstić information content (AvgIpc) is 3.28. The third-order valence-corrected chi connectivity index (χ3v) is 7.17. The quantitative estimate of drug-likeness (QED) is 0.608. The van der Waals surface area contributed by atoms with Crippen LogP contribution in [0.2, 0.25) is 0 Å². The van der Waals surface area contributed by atoms with E-state index < -0.39 is 22.0 Å². The van der Waals surface area contributed by atoms with Crippen molar-refractivity contribution in [2.45, 2.75) is 58.2 Å². The molecule has 1 atom stereocenters. The van der Waals surface area contributed by atoms with Gasteiger partial charge in [0.2, 0.25) is 21.8 Å². The lowest BCUT2D eigenvalue weighted by Gasteiger charge is -2.32. The lowest BCUT2D eigenvalue weighted by molar-refractivity contribution is -0.139. The summed E-state index contributed by atoms with van der Waals surface area (Å²) < 4.78 is 26.1. The number of hydrogen-bond donors (Lipinski definition) is 1. The fourth-order valence-electron chi connectivity index (χ4n) is 4.19. The Kier molecular flexibility index (Phi) is 8.13. The normalized spacial score (nSPS) is 15.1. The van der Waals surface area contributed by atoms with Gasteiger partial charge < -0.3 is 10.2 Å². The van der Waals surface area contributed by atoms with Gasteiger partial charge in [-0.15, -0.1) is 0 Å². The maximum absolute atomic E-state index is 13.5. The third kappa shape index (κ3) is 6.81. The molecule has 178 valence electrons. The van der Waals surface area contributed by atoms with Crippen molar-refractivity contribution in [1.82, 2.24) is 10.2 Å². The van der Waals surface area contributed by atoms with E-state index in [2.05, 4.69) is 5.32 Å². The zero-order chi connectivity index (χ0) is 24.0. The summed E-state index contributed by atoms with van der Waals surface area (Å²) in [5.41, 5.74) is 2.34. The molecular weight excluding hydrogens is 438 g/mol. The molecule has 7 nitrogen and oxygen atoms in total. The molecule has 2 aromatic carbocycles. The van der Waals surface area contributed by atoms with E-state index in [1.54, 1.807) is 37.3 Å². The van der Waals surface area contributed by atoms with Crippen molar-refractivity contribution in [3.8, 4) is 0 Å². The molecule has 0 spiro atoms. The number of nitrogens with one attached hydrogen (secondary N) is 1. The summed E-state index contributed by atoms with van der Waals surface area (Å²) in [6.45, 7) is 3.50. The third-order valence-electron chi connectivity index (χ3n) is 6.03. The maximum atomic E-state index is 13.5. The molecule has 1 aliphatic carbocycles. The Bertz CT molecular complexity index is 1070. The summed E-state index contributed by atoms with van der Waals surface area (Å²) in [5, 5.41) is 3.06. The van der Waals surface area contributed by atoms with E-state index >= 15 is 0 Å². The number of amides is 2. The summed E-state index contributed by atoms with van der Waals surface area (Å²) in [7, 11) is -3.71. The molecule has 1 saturated carbocycles. The van der Waals surface area contributed by atoms with Crippen LogP contribution in [0.4, 0.5) is 5.69 Å². The van der Waals surface area contributed by atoms with Crippen LogP contribution in [0.1, 0.15) is 43.7 Å². The Morgan fingerprint density at radius 2 is 1.73 bits per heavy atom. The van der Waals surface area contributed by atoms with E-state index in [-0.39, 0.29) is 25.0 Å². The summed E-state index contributed by atoms with van der Waals surface area (Å²) >= 11 is 0. The van der Waals surface area contributed by atoms with Gasteiger partial charge in [-0.3, -0.25) is 13.9 Å². The van der Waals surface area contributed by atoms with Crippen LogP contribution in [-0.2, 0) is 26.2 Å².